The Morgan fingerprint density at radius 2 is 2.06 bits per heavy atom. The van der Waals surface area contributed by atoms with E-state index in [0.29, 0.717) is 45.7 Å². The van der Waals surface area contributed by atoms with E-state index in [2.05, 4.69) is 0 Å². The van der Waals surface area contributed by atoms with Gasteiger partial charge in [-0.05, 0) is 12.8 Å². The van der Waals surface area contributed by atoms with Crippen LogP contribution in [0.5, 0.6) is 0 Å². The largest absolute Gasteiger partial charge is 0.381 e. The monoisotopic (exact) mass is 255 g/mol. The third-order valence-electron chi connectivity index (χ3n) is 4.04. The number of carbonyl (C=O) groups excluding carboxylic acids is 2. The summed E-state index contributed by atoms with van der Waals surface area (Å²) in [7, 11) is 1.76. The molecule has 6 heteroatoms. The minimum atomic E-state index is -0.519. The topological polar surface area (TPSA) is 75.9 Å². The van der Waals surface area contributed by atoms with Gasteiger partial charge in [0.1, 0.15) is 0 Å². The Hall–Kier alpha value is -1.14. The van der Waals surface area contributed by atoms with E-state index in [-0.39, 0.29) is 18.4 Å². The van der Waals surface area contributed by atoms with Gasteiger partial charge in [0.15, 0.2) is 0 Å². The molecule has 2 aliphatic heterocycles. The molecule has 0 radical (unpaired) electrons. The maximum atomic E-state index is 12.6. The van der Waals surface area contributed by atoms with E-state index in [1.807, 2.05) is 0 Å². The molecule has 0 saturated carbocycles. The number of hydrogen-bond acceptors (Lipinski definition) is 4. The van der Waals surface area contributed by atoms with Gasteiger partial charge in [-0.25, -0.2) is 0 Å². The maximum Gasteiger partial charge on any atom is 0.241 e. The summed E-state index contributed by atoms with van der Waals surface area (Å²) in [6.07, 6.45) is 1.31. The van der Waals surface area contributed by atoms with Crippen LogP contribution in [0.3, 0.4) is 0 Å². The Morgan fingerprint density at radius 3 is 2.61 bits per heavy atom. The first kappa shape index (κ1) is 13.3. The van der Waals surface area contributed by atoms with E-state index in [0.717, 1.165) is 0 Å². The van der Waals surface area contributed by atoms with Crippen LogP contribution in [0.25, 0.3) is 0 Å². The molecule has 0 aromatic rings. The van der Waals surface area contributed by atoms with Crippen LogP contribution in [0.4, 0.5) is 0 Å². The molecule has 2 N–H and O–H groups in total. The molecule has 2 heterocycles. The molecule has 0 spiro atoms. The second kappa shape index (κ2) is 5.24. The molecule has 0 aliphatic carbocycles. The Labute approximate surface area is 107 Å². The van der Waals surface area contributed by atoms with Crippen molar-refractivity contribution in [3.8, 4) is 0 Å². The molecule has 18 heavy (non-hydrogen) atoms. The first-order valence-corrected chi connectivity index (χ1v) is 6.40. The van der Waals surface area contributed by atoms with Crippen molar-refractivity contribution in [1.82, 2.24) is 9.80 Å². The van der Waals surface area contributed by atoms with Crippen LogP contribution in [0.1, 0.15) is 12.8 Å². The highest BCUT2D eigenvalue weighted by molar-refractivity contribution is 5.89. The summed E-state index contributed by atoms with van der Waals surface area (Å²) < 4.78 is 5.30. The fraction of sp³-hybridized carbons (Fsp3) is 0.833. The van der Waals surface area contributed by atoms with Crippen molar-refractivity contribution in [3.63, 3.8) is 0 Å². The number of amides is 2. The highest BCUT2D eigenvalue weighted by Crippen LogP contribution is 2.32. The molecule has 2 aliphatic rings. The lowest BCUT2D eigenvalue weighted by molar-refractivity contribution is -0.154. The van der Waals surface area contributed by atoms with Crippen molar-refractivity contribution in [2.75, 3.05) is 46.4 Å². The molecule has 0 unspecified atom stereocenters. The standard InChI is InChI=1S/C12H21N3O3/c1-14-4-5-15(8-10(14)16)11(17)12(9-13)2-6-18-7-3-12/h2-9,13H2,1H3. The maximum absolute atomic E-state index is 12.6. The molecule has 0 atom stereocenters. The van der Waals surface area contributed by atoms with Crippen molar-refractivity contribution >= 4 is 11.8 Å². The quantitative estimate of drug-likeness (QED) is 0.690. The van der Waals surface area contributed by atoms with Gasteiger partial charge >= 0.3 is 0 Å². The minimum absolute atomic E-state index is 0.00571. The fourth-order valence-electron chi connectivity index (χ4n) is 2.53. The normalized spacial score (nSPS) is 24.2. The number of rotatable bonds is 2. The Morgan fingerprint density at radius 1 is 1.39 bits per heavy atom. The number of carbonyl (C=O) groups is 2. The molecule has 2 fully saturated rings. The number of likely N-dealkylation sites (N-methyl/N-ethyl adjacent to an activating group) is 1. The van der Waals surface area contributed by atoms with E-state index in [1.54, 1.807) is 16.8 Å². The number of ether oxygens (including phenoxy) is 1. The van der Waals surface area contributed by atoms with Gasteiger partial charge in [-0.2, -0.15) is 0 Å². The van der Waals surface area contributed by atoms with E-state index in [1.165, 1.54) is 0 Å². The predicted octanol–water partition coefficient (Wildman–Crippen LogP) is -0.957. The number of nitrogens with zero attached hydrogens (tertiary/aromatic N) is 2. The van der Waals surface area contributed by atoms with E-state index < -0.39 is 5.41 Å². The molecule has 102 valence electrons. The van der Waals surface area contributed by atoms with Gasteiger partial charge in [0.2, 0.25) is 11.8 Å². The van der Waals surface area contributed by atoms with Crippen LogP contribution >= 0.6 is 0 Å². The lowest BCUT2D eigenvalue weighted by Gasteiger charge is -2.41. The summed E-state index contributed by atoms with van der Waals surface area (Å²) in [5, 5.41) is 0. The van der Waals surface area contributed by atoms with Crippen LogP contribution in [0.2, 0.25) is 0 Å². The number of piperazine rings is 1. The molecule has 2 saturated heterocycles. The van der Waals surface area contributed by atoms with Gasteiger partial charge in [-0.15, -0.1) is 0 Å². The van der Waals surface area contributed by atoms with Crippen molar-refractivity contribution < 1.29 is 14.3 Å². The second-order valence-corrected chi connectivity index (χ2v) is 5.14. The van der Waals surface area contributed by atoms with E-state index in [9.17, 15) is 9.59 Å². The fourth-order valence-corrected chi connectivity index (χ4v) is 2.53. The molecule has 0 aromatic heterocycles. The summed E-state index contributed by atoms with van der Waals surface area (Å²) >= 11 is 0. The van der Waals surface area contributed by atoms with Crippen LogP contribution < -0.4 is 5.73 Å². The Kier molecular flexibility index (Phi) is 3.87. The van der Waals surface area contributed by atoms with Crippen molar-refractivity contribution in [3.05, 3.63) is 0 Å². The molecule has 2 amide bonds. The number of hydrogen-bond donors (Lipinski definition) is 1. The van der Waals surface area contributed by atoms with Gasteiger partial charge in [0.05, 0.1) is 12.0 Å². The zero-order chi connectivity index (χ0) is 13.2. The lowest BCUT2D eigenvalue weighted by atomic mass is 9.78. The summed E-state index contributed by atoms with van der Waals surface area (Å²) in [6.45, 7) is 2.86. The van der Waals surface area contributed by atoms with Gasteiger partial charge in [-0.3, -0.25) is 9.59 Å². The van der Waals surface area contributed by atoms with E-state index >= 15 is 0 Å². The molecular formula is C12H21N3O3. The van der Waals surface area contributed by atoms with Crippen LogP contribution in [0.15, 0.2) is 0 Å². The predicted molar refractivity (Wildman–Crippen MR) is 65.8 cm³/mol. The second-order valence-electron chi connectivity index (χ2n) is 5.14. The first-order chi connectivity index (χ1) is 8.59. The minimum Gasteiger partial charge on any atom is -0.381 e. The summed E-state index contributed by atoms with van der Waals surface area (Å²) in [5.41, 5.74) is 5.29. The van der Waals surface area contributed by atoms with Crippen LogP contribution in [0, 0.1) is 5.41 Å². The lowest BCUT2D eigenvalue weighted by Crippen LogP contribution is -2.57. The van der Waals surface area contributed by atoms with E-state index in [4.69, 9.17) is 10.5 Å². The first-order valence-electron chi connectivity index (χ1n) is 6.40. The molecule has 0 aromatic carbocycles. The van der Waals surface area contributed by atoms with Gasteiger partial charge in [0.25, 0.3) is 0 Å². The third-order valence-corrected chi connectivity index (χ3v) is 4.04. The zero-order valence-corrected chi connectivity index (χ0v) is 10.9. The highest BCUT2D eigenvalue weighted by atomic mass is 16.5. The van der Waals surface area contributed by atoms with Gasteiger partial charge in [-0.1, -0.05) is 0 Å². The molecular weight excluding hydrogens is 234 g/mol. The SMILES string of the molecule is CN1CCN(C(=O)C2(CN)CCOCC2)CC1=O. The van der Waals surface area contributed by atoms with Crippen LogP contribution in [-0.4, -0.2) is 68.1 Å². The van der Waals surface area contributed by atoms with Crippen LogP contribution in [-0.2, 0) is 14.3 Å². The number of nitrogens with two attached hydrogens (primary N) is 1. The van der Waals surface area contributed by atoms with Gasteiger partial charge < -0.3 is 20.3 Å². The summed E-state index contributed by atoms with van der Waals surface area (Å²) in [4.78, 5) is 27.5. The van der Waals surface area contributed by atoms with Gasteiger partial charge in [0, 0.05) is 39.9 Å². The van der Waals surface area contributed by atoms with Crippen molar-refractivity contribution in [2.24, 2.45) is 11.1 Å². The molecule has 2 rings (SSSR count). The summed E-state index contributed by atoms with van der Waals surface area (Å²) in [6, 6.07) is 0. The zero-order valence-electron chi connectivity index (χ0n) is 10.9. The average molecular weight is 255 g/mol. The molecule has 0 bridgehead atoms. The highest BCUT2D eigenvalue weighted by Gasteiger charge is 2.42. The van der Waals surface area contributed by atoms with Crippen molar-refractivity contribution in [2.45, 2.75) is 12.8 Å². The molecule has 6 nitrogen and oxygen atoms in total. The Balaban J connectivity index is 2.07. The summed E-state index contributed by atoms with van der Waals surface area (Å²) in [5.74, 6) is 0.0172. The van der Waals surface area contributed by atoms with Crippen molar-refractivity contribution in [1.29, 1.82) is 0 Å². The average Bonchev–Trinajstić information content (AvgIpc) is 2.42. The smallest absolute Gasteiger partial charge is 0.241 e. The third kappa shape index (κ3) is 2.35. The Bertz CT molecular complexity index is 339.